The van der Waals surface area contributed by atoms with E-state index >= 15 is 0 Å². The quantitative estimate of drug-likeness (QED) is 0.110. The molecule has 0 amide bonds. The lowest BCUT2D eigenvalue weighted by molar-refractivity contribution is -0.479. The second kappa shape index (κ2) is 13.1. The summed E-state index contributed by atoms with van der Waals surface area (Å²) in [6.07, 6.45) is 0. The SMILES string of the molecule is CCOc1ccc(-n2c(C)nnc2S[C@H](C[N+](=O)[O-])c2ccc(OCc3cccc(F)c3)c(OCC)c2)cc1. The highest BCUT2D eigenvalue weighted by Crippen LogP contribution is 2.40. The van der Waals surface area contributed by atoms with Crippen LogP contribution in [0.2, 0.25) is 0 Å². The molecule has 0 fully saturated rings. The van der Waals surface area contributed by atoms with Crippen LogP contribution in [0.1, 0.15) is 36.0 Å². The maximum Gasteiger partial charge on any atom is 0.220 e. The van der Waals surface area contributed by atoms with Gasteiger partial charge in [-0.1, -0.05) is 30.0 Å². The van der Waals surface area contributed by atoms with Crippen LogP contribution in [0.4, 0.5) is 4.39 Å². The Morgan fingerprint density at radius 3 is 2.44 bits per heavy atom. The minimum absolute atomic E-state index is 0.148. The van der Waals surface area contributed by atoms with E-state index < -0.39 is 5.25 Å². The van der Waals surface area contributed by atoms with Crippen LogP contribution in [0.5, 0.6) is 17.2 Å². The lowest BCUT2D eigenvalue weighted by Crippen LogP contribution is -2.12. The number of halogens is 1. The molecule has 0 saturated heterocycles. The summed E-state index contributed by atoms with van der Waals surface area (Å²) in [5.41, 5.74) is 2.17. The van der Waals surface area contributed by atoms with Crippen molar-refractivity contribution in [1.82, 2.24) is 14.8 Å². The summed E-state index contributed by atoms with van der Waals surface area (Å²) in [5, 5.41) is 20.1. The molecule has 0 aliphatic heterocycles. The Morgan fingerprint density at radius 1 is 0.974 bits per heavy atom. The highest BCUT2D eigenvalue weighted by atomic mass is 32.2. The molecular formula is C28H29FN4O5S. The minimum atomic E-state index is -0.582. The second-order valence-electron chi connectivity index (χ2n) is 8.47. The Balaban J connectivity index is 1.61. The van der Waals surface area contributed by atoms with Gasteiger partial charge in [0.25, 0.3) is 0 Å². The number of hydrogen-bond acceptors (Lipinski definition) is 8. The van der Waals surface area contributed by atoms with Crippen molar-refractivity contribution in [3.05, 3.63) is 99.6 Å². The molecule has 204 valence electrons. The van der Waals surface area contributed by atoms with Gasteiger partial charge >= 0.3 is 0 Å². The summed E-state index contributed by atoms with van der Waals surface area (Å²) in [6.45, 7) is 6.33. The third-order valence-corrected chi connectivity index (χ3v) is 6.87. The fourth-order valence-corrected chi connectivity index (χ4v) is 5.11. The van der Waals surface area contributed by atoms with Gasteiger partial charge in [0.15, 0.2) is 16.7 Å². The average Bonchev–Trinajstić information content (AvgIpc) is 3.28. The Bertz CT molecular complexity index is 1410. The molecule has 1 heterocycles. The van der Waals surface area contributed by atoms with Crippen molar-refractivity contribution in [2.75, 3.05) is 19.8 Å². The largest absolute Gasteiger partial charge is 0.494 e. The van der Waals surface area contributed by atoms with E-state index in [4.69, 9.17) is 14.2 Å². The summed E-state index contributed by atoms with van der Waals surface area (Å²) in [4.78, 5) is 11.3. The molecule has 4 aromatic rings. The van der Waals surface area contributed by atoms with Crippen LogP contribution in [0.3, 0.4) is 0 Å². The van der Waals surface area contributed by atoms with Gasteiger partial charge in [0.2, 0.25) is 6.54 Å². The number of nitrogens with zero attached hydrogens (tertiary/aromatic N) is 4. The van der Waals surface area contributed by atoms with Crippen molar-refractivity contribution in [3.63, 3.8) is 0 Å². The van der Waals surface area contributed by atoms with Crippen molar-refractivity contribution >= 4 is 11.8 Å². The Kier molecular flexibility index (Phi) is 9.37. The van der Waals surface area contributed by atoms with Gasteiger partial charge < -0.3 is 14.2 Å². The zero-order chi connectivity index (χ0) is 27.8. The molecule has 4 rings (SSSR count). The molecule has 0 radical (unpaired) electrons. The van der Waals surface area contributed by atoms with Crippen LogP contribution < -0.4 is 14.2 Å². The molecule has 1 aromatic heterocycles. The van der Waals surface area contributed by atoms with Gasteiger partial charge in [-0.2, -0.15) is 0 Å². The fraction of sp³-hybridized carbons (Fsp3) is 0.286. The summed E-state index contributed by atoms with van der Waals surface area (Å²) >= 11 is 1.25. The summed E-state index contributed by atoms with van der Waals surface area (Å²) in [6, 6.07) is 18.9. The molecular weight excluding hydrogens is 523 g/mol. The normalized spacial score (nSPS) is 11.7. The zero-order valence-electron chi connectivity index (χ0n) is 21.9. The van der Waals surface area contributed by atoms with Gasteiger partial charge in [0.05, 0.1) is 13.2 Å². The number of rotatable bonds is 13. The smallest absolute Gasteiger partial charge is 0.220 e. The van der Waals surface area contributed by atoms with E-state index in [-0.39, 0.29) is 23.9 Å². The third kappa shape index (κ3) is 7.26. The first-order chi connectivity index (χ1) is 18.9. The minimum Gasteiger partial charge on any atom is -0.494 e. The first kappa shape index (κ1) is 27.9. The number of aryl methyl sites for hydroxylation is 1. The van der Waals surface area contributed by atoms with Crippen LogP contribution in [0, 0.1) is 22.9 Å². The molecule has 1 atom stereocenters. The van der Waals surface area contributed by atoms with Crippen LogP contribution in [0.25, 0.3) is 5.69 Å². The molecule has 0 bridgehead atoms. The number of hydrogen-bond donors (Lipinski definition) is 0. The third-order valence-electron chi connectivity index (χ3n) is 5.69. The zero-order valence-corrected chi connectivity index (χ0v) is 22.7. The molecule has 0 saturated carbocycles. The Hall–Kier alpha value is -4.12. The van der Waals surface area contributed by atoms with Gasteiger partial charge in [-0.05, 0) is 80.4 Å². The molecule has 3 aromatic carbocycles. The summed E-state index contributed by atoms with van der Waals surface area (Å²) < 4.78 is 32.6. The molecule has 0 unspecified atom stereocenters. The van der Waals surface area contributed by atoms with Crippen LogP contribution >= 0.6 is 11.8 Å². The molecule has 11 heteroatoms. The average molecular weight is 553 g/mol. The van der Waals surface area contributed by atoms with E-state index in [9.17, 15) is 14.5 Å². The van der Waals surface area contributed by atoms with Crippen LogP contribution in [-0.4, -0.2) is 39.4 Å². The van der Waals surface area contributed by atoms with Crippen LogP contribution in [0.15, 0.2) is 71.9 Å². The van der Waals surface area contributed by atoms with Gasteiger partial charge in [-0.3, -0.25) is 14.7 Å². The number of thioether (sulfide) groups is 1. The molecule has 0 aliphatic rings. The number of ether oxygens (including phenoxy) is 3. The summed E-state index contributed by atoms with van der Waals surface area (Å²) in [7, 11) is 0. The first-order valence-corrected chi connectivity index (χ1v) is 13.3. The number of nitro groups is 1. The molecule has 9 nitrogen and oxygen atoms in total. The van der Waals surface area contributed by atoms with Crippen molar-refractivity contribution in [2.45, 2.75) is 37.8 Å². The van der Waals surface area contributed by atoms with Gasteiger partial charge in [-0.25, -0.2) is 4.39 Å². The molecule has 0 spiro atoms. The topological polar surface area (TPSA) is 102 Å². The van der Waals surface area contributed by atoms with Crippen molar-refractivity contribution in [1.29, 1.82) is 0 Å². The van der Waals surface area contributed by atoms with Crippen molar-refractivity contribution in [3.8, 4) is 22.9 Å². The van der Waals surface area contributed by atoms with E-state index in [1.54, 1.807) is 30.3 Å². The van der Waals surface area contributed by atoms with Gasteiger partial charge in [-0.15, -0.1) is 10.2 Å². The lowest BCUT2D eigenvalue weighted by atomic mass is 10.1. The predicted molar refractivity (Wildman–Crippen MR) is 146 cm³/mol. The second-order valence-corrected chi connectivity index (χ2v) is 9.64. The van der Waals surface area contributed by atoms with E-state index in [1.807, 2.05) is 49.6 Å². The van der Waals surface area contributed by atoms with Gasteiger partial charge in [0, 0.05) is 10.6 Å². The lowest BCUT2D eigenvalue weighted by Gasteiger charge is -2.17. The molecule has 39 heavy (non-hydrogen) atoms. The highest BCUT2D eigenvalue weighted by molar-refractivity contribution is 7.99. The Morgan fingerprint density at radius 2 is 1.74 bits per heavy atom. The Labute approximate surface area is 230 Å². The fourth-order valence-electron chi connectivity index (χ4n) is 3.95. The maximum absolute atomic E-state index is 13.6. The molecule has 0 N–H and O–H groups in total. The van der Waals surface area contributed by atoms with Crippen LogP contribution in [-0.2, 0) is 6.61 Å². The van der Waals surface area contributed by atoms with Crippen molar-refractivity contribution < 1.29 is 23.5 Å². The van der Waals surface area contributed by atoms with Crippen molar-refractivity contribution in [2.24, 2.45) is 0 Å². The van der Waals surface area contributed by atoms with E-state index in [0.717, 1.165) is 11.4 Å². The van der Waals surface area contributed by atoms with Gasteiger partial charge in [0.1, 0.15) is 29.2 Å². The summed E-state index contributed by atoms with van der Waals surface area (Å²) in [5.74, 6) is 1.96. The number of benzene rings is 3. The highest BCUT2D eigenvalue weighted by Gasteiger charge is 2.25. The number of aromatic nitrogens is 3. The maximum atomic E-state index is 13.6. The predicted octanol–water partition coefficient (Wildman–Crippen LogP) is 6.20. The monoisotopic (exact) mass is 552 g/mol. The van der Waals surface area contributed by atoms with E-state index in [1.165, 1.54) is 23.9 Å². The van der Waals surface area contributed by atoms with E-state index in [2.05, 4.69) is 10.2 Å². The molecule has 0 aliphatic carbocycles. The first-order valence-electron chi connectivity index (χ1n) is 12.5. The standard InChI is InChI=1S/C28H29FN4O5S/c1-4-36-24-12-10-23(11-13-24)33-19(3)30-31-28(33)39-27(17-32(34)35)21-9-14-25(26(16-21)37-5-2)38-18-20-7-6-8-22(29)15-20/h6-16,27H,4-5,17-18H2,1-3H3/t27-/m1/s1. The van der Waals surface area contributed by atoms with E-state index in [0.29, 0.717) is 46.8 Å².